The van der Waals surface area contributed by atoms with Crippen LogP contribution >= 0.6 is 0 Å². The summed E-state index contributed by atoms with van der Waals surface area (Å²) in [6, 6.07) is 18.0. The maximum Gasteiger partial charge on any atom is 0.0457 e. The monoisotopic (exact) mass is 304 g/mol. The fraction of sp³-hybridized carbons (Fsp3) is 0.333. The minimum atomic E-state index is 0.734. The molecule has 23 heavy (non-hydrogen) atoms. The molecule has 0 bridgehead atoms. The van der Waals surface area contributed by atoms with Crippen molar-refractivity contribution in [2.24, 2.45) is 0 Å². The number of nitrogens with one attached hydrogen (secondary N) is 1. The molecule has 0 unspecified atom stereocenters. The molecule has 2 nitrogen and oxygen atoms in total. The average molecular weight is 304 g/mol. The average Bonchev–Trinajstić information content (AvgIpc) is 3.04. The number of benzene rings is 2. The number of likely N-dealkylation sites (tertiary alicyclic amines) is 1. The zero-order chi connectivity index (χ0) is 15.6. The smallest absolute Gasteiger partial charge is 0.0457 e. The summed E-state index contributed by atoms with van der Waals surface area (Å²) in [5.41, 5.74) is 5.53. The summed E-state index contributed by atoms with van der Waals surface area (Å²) in [6.07, 6.45) is 4.56. The molecule has 0 atom stereocenters. The first-order valence-electron chi connectivity index (χ1n) is 8.63. The lowest BCUT2D eigenvalue weighted by molar-refractivity contribution is 0.204. The number of aryl methyl sites for hydroxylation is 1. The number of H-pyrrole nitrogens is 1. The van der Waals surface area contributed by atoms with Gasteiger partial charge in [-0.25, -0.2) is 0 Å². The lowest BCUT2D eigenvalue weighted by atomic mass is 9.89. The highest BCUT2D eigenvalue weighted by atomic mass is 15.1. The van der Waals surface area contributed by atoms with Gasteiger partial charge in [0, 0.05) is 18.3 Å². The molecule has 3 aromatic rings. The summed E-state index contributed by atoms with van der Waals surface area (Å²) in [5.74, 6) is 0.734. The second-order valence-corrected chi connectivity index (χ2v) is 6.86. The number of aromatic nitrogens is 1. The van der Waals surface area contributed by atoms with Crippen molar-refractivity contribution in [3.63, 3.8) is 0 Å². The van der Waals surface area contributed by atoms with E-state index in [0.29, 0.717) is 0 Å². The van der Waals surface area contributed by atoms with Crippen molar-refractivity contribution >= 4 is 10.9 Å². The van der Waals surface area contributed by atoms with Crippen LogP contribution in [0.2, 0.25) is 0 Å². The number of hydrogen-bond donors (Lipinski definition) is 1. The largest absolute Gasteiger partial charge is 0.361 e. The van der Waals surface area contributed by atoms with E-state index in [4.69, 9.17) is 0 Å². The molecule has 1 fully saturated rings. The van der Waals surface area contributed by atoms with Gasteiger partial charge in [-0.05, 0) is 67.4 Å². The summed E-state index contributed by atoms with van der Waals surface area (Å²) < 4.78 is 0. The summed E-state index contributed by atoms with van der Waals surface area (Å²) in [5, 5.41) is 1.30. The molecule has 0 radical (unpaired) electrons. The Bertz CT molecular complexity index is 777. The van der Waals surface area contributed by atoms with Crippen molar-refractivity contribution in [2.45, 2.75) is 32.2 Å². The van der Waals surface area contributed by atoms with Crippen LogP contribution in [0.5, 0.6) is 0 Å². The van der Waals surface area contributed by atoms with Gasteiger partial charge in [-0.15, -0.1) is 0 Å². The Hall–Kier alpha value is -2.06. The molecule has 1 aliphatic rings. The van der Waals surface area contributed by atoms with Crippen LogP contribution in [0.3, 0.4) is 0 Å². The highest BCUT2D eigenvalue weighted by Crippen LogP contribution is 2.29. The lowest BCUT2D eigenvalue weighted by Gasteiger charge is -2.32. The first-order valence-corrected chi connectivity index (χ1v) is 8.63. The zero-order valence-electron chi connectivity index (χ0n) is 13.8. The quantitative estimate of drug-likeness (QED) is 0.732. The number of piperidine rings is 1. The third-order valence-corrected chi connectivity index (χ3v) is 5.16. The highest BCUT2D eigenvalue weighted by Gasteiger charge is 2.20. The molecular formula is C21H24N2. The van der Waals surface area contributed by atoms with Crippen LogP contribution in [-0.2, 0) is 6.54 Å². The van der Waals surface area contributed by atoms with Gasteiger partial charge in [0.15, 0.2) is 0 Å². The summed E-state index contributed by atoms with van der Waals surface area (Å²) >= 11 is 0. The Morgan fingerprint density at radius 1 is 1.00 bits per heavy atom. The van der Waals surface area contributed by atoms with E-state index in [1.807, 2.05) is 6.20 Å². The maximum absolute atomic E-state index is 3.31. The van der Waals surface area contributed by atoms with Crippen LogP contribution in [0.25, 0.3) is 10.9 Å². The molecule has 1 aromatic heterocycles. The third kappa shape index (κ3) is 3.18. The standard InChI is InChI=1S/C21H24N2/c1-16-2-5-18(6-3-16)19-9-12-23(13-10-19)15-17-4-7-20-8-11-22-21(20)14-17/h2-8,11,14,19,22H,9-10,12-13,15H2,1H3. The van der Waals surface area contributed by atoms with Crippen LogP contribution < -0.4 is 0 Å². The van der Waals surface area contributed by atoms with Gasteiger partial charge in [-0.1, -0.05) is 42.0 Å². The number of fused-ring (bicyclic) bond motifs is 1. The van der Waals surface area contributed by atoms with Crippen LogP contribution in [0.15, 0.2) is 54.7 Å². The molecule has 2 heteroatoms. The minimum absolute atomic E-state index is 0.734. The van der Waals surface area contributed by atoms with Gasteiger partial charge in [-0.3, -0.25) is 4.90 Å². The molecule has 2 aromatic carbocycles. The van der Waals surface area contributed by atoms with E-state index in [-0.39, 0.29) is 0 Å². The number of rotatable bonds is 3. The summed E-state index contributed by atoms with van der Waals surface area (Å²) in [7, 11) is 0. The van der Waals surface area contributed by atoms with Gasteiger partial charge >= 0.3 is 0 Å². The van der Waals surface area contributed by atoms with Gasteiger partial charge in [0.2, 0.25) is 0 Å². The van der Waals surface area contributed by atoms with Gasteiger partial charge in [0.05, 0.1) is 0 Å². The van der Waals surface area contributed by atoms with Gasteiger partial charge < -0.3 is 4.98 Å². The van der Waals surface area contributed by atoms with E-state index in [9.17, 15) is 0 Å². The van der Waals surface area contributed by atoms with Crippen LogP contribution in [0.4, 0.5) is 0 Å². The molecule has 0 saturated carbocycles. The fourth-order valence-electron chi connectivity index (χ4n) is 3.71. The van der Waals surface area contributed by atoms with E-state index < -0.39 is 0 Å². The van der Waals surface area contributed by atoms with Gasteiger partial charge in [0.25, 0.3) is 0 Å². The summed E-state index contributed by atoms with van der Waals surface area (Å²) in [4.78, 5) is 5.90. The van der Waals surface area contributed by atoms with Crippen molar-refractivity contribution in [3.05, 3.63) is 71.4 Å². The minimum Gasteiger partial charge on any atom is -0.361 e. The van der Waals surface area contributed by atoms with Crippen molar-refractivity contribution in [1.29, 1.82) is 0 Å². The van der Waals surface area contributed by atoms with Crippen LogP contribution in [0, 0.1) is 6.92 Å². The molecule has 1 aliphatic heterocycles. The van der Waals surface area contributed by atoms with E-state index in [1.165, 1.54) is 53.5 Å². The van der Waals surface area contributed by atoms with Gasteiger partial charge in [0.1, 0.15) is 0 Å². The lowest BCUT2D eigenvalue weighted by Crippen LogP contribution is -2.32. The Labute approximate surface area is 138 Å². The number of hydrogen-bond acceptors (Lipinski definition) is 1. The normalized spacial score (nSPS) is 16.9. The van der Waals surface area contributed by atoms with Gasteiger partial charge in [-0.2, -0.15) is 0 Å². The van der Waals surface area contributed by atoms with Crippen LogP contribution in [-0.4, -0.2) is 23.0 Å². The molecule has 2 heterocycles. The second kappa shape index (κ2) is 6.21. The number of nitrogens with zero attached hydrogens (tertiary/aromatic N) is 1. The molecule has 1 saturated heterocycles. The molecular weight excluding hydrogens is 280 g/mol. The molecule has 1 N–H and O–H groups in total. The molecule has 0 spiro atoms. The Balaban J connectivity index is 1.38. The van der Waals surface area contributed by atoms with E-state index in [0.717, 1.165) is 12.5 Å². The molecule has 0 amide bonds. The van der Waals surface area contributed by atoms with E-state index in [1.54, 1.807) is 0 Å². The second-order valence-electron chi connectivity index (χ2n) is 6.86. The van der Waals surface area contributed by atoms with Crippen molar-refractivity contribution in [2.75, 3.05) is 13.1 Å². The topological polar surface area (TPSA) is 19.0 Å². The van der Waals surface area contributed by atoms with Crippen molar-refractivity contribution in [1.82, 2.24) is 9.88 Å². The Morgan fingerprint density at radius 3 is 2.57 bits per heavy atom. The molecule has 118 valence electrons. The highest BCUT2D eigenvalue weighted by molar-refractivity contribution is 5.79. The first-order chi connectivity index (χ1) is 11.3. The van der Waals surface area contributed by atoms with E-state index >= 15 is 0 Å². The van der Waals surface area contributed by atoms with Crippen LogP contribution in [0.1, 0.15) is 35.4 Å². The van der Waals surface area contributed by atoms with E-state index in [2.05, 4.69) is 65.3 Å². The third-order valence-electron chi connectivity index (χ3n) is 5.16. The molecule has 4 rings (SSSR count). The molecule has 0 aliphatic carbocycles. The maximum atomic E-state index is 3.31. The van der Waals surface area contributed by atoms with Crippen molar-refractivity contribution in [3.8, 4) is 0 Å². The number of aromatic amines is 1. The zero-order valence-corrected chi connectivity index (χ0v) is 13.8. The Morgan fingerprint density at radius 2 is 1.78 bits per heavy atom. The predicted molar refractivity (Wildman–Crippen MR) is 96.7 cm³/mol. The predicted octanol–water partition coefficient (Wildman–Crippen LogP) is 4.86. The summed E-state index contributed by atoms with van der Waals surface area (Å²) in [6.45, 7) is 5.62. The Kier molecular flexibility index (Phi) is 3.92. The fourth-order valence-corrected chi connectivity index (χ4v) is 3.71. The SMILES string of the molecule is Cc1ccc(C2CCN(Cc3ccc4cc[nH]c4c3)CC2)cc1. The van der Waals surface area contributed by atoms with Crippen molar-refractivity contribution < 1.29 is 0 Å². The first kappa shape index (κ1) is 14.5.